The summed E-state index contributed by atoms with van der Waals surface area (Å²) in [5, 5.41) is 9.58. The summed E-state index contributed by atoms with van der Waals surface area (Å²) in [6.45, 7) is 4.20. The molecule has 1 aromatic rings. The highest BCUT2D eigenvalue weighted by Gasteiger charge is 2.41. The van der Waals surface area contributed by atoms with Gasteiger partial charge in [-0.2, -0.15) is 5.26 Å². The maximum absolute atomic E-state index is 9.58. The van der Waals surface area contributed by atoms with E-state index < -0.39 is 0 Å². The lowest BCUT2D eigenvalue weighted by Gasteiger charge is -2.41. The van der Waals surface area contributed by atoms with Crippen LogP contribution in [0.3, 0.4) is 0 Å². The number of hydrogen-bond donors (Lipinski definition) is 0. The first kappa shape index (κ1) is 11.2. The summed E-state index contributed by atoms with van der Waals surface area (Å²) in [6, 6.07) is 12.8. The van der Waals surface area contributed by atoms with Gasteiger partial charge in [-0.05, 0) is 31.5 Å². The molecule has 1 aliphatic rings. The Labute approximate surface area is 97.5 Å². The van der Waals surface area contributed by atoms with Gasteiger partial charge in [0, 0.05) is 6.54 Å². The van der Waals surface area contributed by atoms with Crippen LogP contribution in [0.15, 0.2) is 30.3 Å². The number of nitrogens with zero attached hydrogens (tertiary/aromatic N) is 2. The molecule has 1 aromatic carbocycles. The minimum atomic E-state index is -0.284. The van der Waals surface area contributed by atoms with Gasteiger partial charge in [0.2, 0.25) is 0 Å². The Morgan fingerprint density at radius 2 is 2.06 bits per heavy atom. The monoisotopic (exact) mass is 214 g/mol. The molecule has 1 aliphatic heterocycles. The van der Waals surface area contributed by atoms with Gasteiger partial charge in [0.15, 0.2) is 0 Å². The Bertz CT molecular complexity index is 393. The topological polar surface area (TPSA) is 27.0 Å². The molecule has 0 bridgehead atoms. The number of nitriles is 1. The standard InChI is InChI=1S/C14H18N2/c1-12-10-16(2)9-8-14(12,11-15)13-6-4-3-5-7-13/h3-7,12H,8-10H2,1-2H3/t12-,14+/m0/s1. The molecule has 0 aliphatic carbocycles. The van der Waals surface area contributed by atoms with Crippen molar-refractivity contribution in [2.45, 2.75) is 18.8 Å². The minimum absolute atomic E-state index is 0.284. The molecular weight excluding hydrogens is 196 g/mol. The van der Waals surface area contributed by atoms with E-state index in [9.17, 15) is 5.26 Å². The van der Waals surface area contributed by atoms with E-state index in [4.69, 9.17) is 0 Å². The molecule has 0 N–H and O–H groups in total. The molecule has 2 rings (SSSR count). The number of likely N-dealkylation sites (tertiary alicyclic amines) is 1. The van der Waals surface area contributed by atoms with Crippen molar-refractivity contribution in [2.24, 2.45) is 5.92 Å². The first-order chi connectivity index (χ1) is 7.69. The van der Waals surface area contributed by atoms with Crippen LogP contribution < -0.4 is 0 Å². The van der Waals surface area contributed by atoms with Crippen LogP contribution in [-0.4, -0.2) is 25.0 Å². The van der Waals surface area contributed by atoms with Crippen molar-refractivity contribution < 1.29 is 0 Å². The Kier molecular flexibility index (Phi) is 2.98. The van der Waals surface area contributed by atoms with Crippen molar-refractivity contribution >= 4 is 0 Å². The minimum Gasteiger partial charge on any atom is -0.306 e. The van der Waals surface area contributed by atoms with Crippen LogP contribution in [0, 0.1) is 17.2 Å². The van der Waals surface area contributed by atoms with Gasteiger partial charge in [0.25, 0.3) is 0 Å². The van der Waals surface area contributed by atoms with E-state index in [-0.39, 0.29) is 5.41 Å². The third kappa shape index (κ3) is 1.72. The number of rotatable bonds is 1. The molecule has 0 spiro atoms. The van der Waals surface area contributed by atoms with Gasteiger partial charge in [-0.3, -0.25) is 0 Å². The van der Waals surface area contributed by atoms with Crippen LogP contribution in [0.25, 0.3) is 0 Å². The average molecular weight is 214 g/mol. The third-order valence-electron chi connectivity index (χ3n) is 3.80. The second-order valence-corrected chi connectivity index (χ2v) is 4.86. The molecule has 2 heteroatoms. The fourth-order valence-corrected chi connectivity index (χ4v) is 2.72. The summed E-state index contributed by atoms with van der Waals surface area (Å²) in [6.07, 6.45) is 0.936. The summed E-state index contributed by atoms with van der Waals surface area (Å²) in [4.78, 5) is 2.31. The van der Waals surface area contributed by atoms with Gasteiger partial charge < -0.3 is 4.90 Å². The predicted molar refractivity (Wildman–Crippen MR) is 65.0 cm³/mol. The van der Waals surface area contributed by atoms with Crippen molar-refractivity contribution in [3.05, 3.63) is 35.9 Å². The molecule has 0 aromatic heterocycles. The Morgan fingerprint density at radius 1 is 1.38 bits per heavy atom. The van der Waals surface area contributed by atoms with Gasteiger partial charge in [-0.15, -0.1) is 0 Å². The van der Waals surface area contributed by atoms with Crippen LogP contribution in [0.2, 0.25) is 0 Å². The van der Waals surface area contributed by atoms with Crippen LogP contribution in [-0.2, 0) is 5.41 Å². The van der Waals surface area contributed by atoms with Crippen LogP contribution >= 0.6 is 0 Å². The van der Waals surface area contributed by atoms with E-state index in [0.29, 0.717) is 5.92 Å². The molecule has 0 amide bonds. The summed E-state index contributed by atoms with van der Waals surface area (Å²) in [5.74, 6) is 0.388. The molecule has 0 saturated carbocycles. The lowest BCUT2D eigenvalue weighted by Crippen LogP contribution is -2.46. The quantitative estimate of drug-likeness (QED) is 0.718. The maximum Gasteiger partial charge on any atom is 0.0872 e. The second kappa shape index (κ2) is 4.27. The molecule has 1 saturated heterocycles. The second-order valence-electron chi connectivity index (χ2n) is 4.86. The normalized spacial score (nSPS) is 30.9. The van der Waals surface area contributed by atoms with Gasteiger partial charge in [0.05, 0.1) is 11.5 Å². The highest BCUT2D eigenvalue weighted by molar-refractivity contribution is 5.34. The molecule has 2 atom stereocenters. The lowest BCUT2D eigenvalue weighted by molar-refractivity contribution is 0.157. The predicted octanol–water partition coefficient (Wildman–Crippen LogP) is 2.42. The molecule has 1 fully saturated rings. The van der Waals surface area contributed by atoms with Gasteiger partial charge >= 0.3 is 0 Å². The van der Waals surface area contributed by atoms with Crippen molar-refractivity contribution in [3.63, 3.8) is 0 Å². The Balaban J connectivity index is 2.37. The molecule has 0 unspecified atom stereocenters. The summed E-state index contributed by atoms with van der Waals surface area (Å²) >= 11 is 0. The zero-order valence-electron chi connectivity index (χ0n) is 9.98. The number of hydrogen-bond acceptors (Lipinski definition) is 2. The summed E-state index contributed by atoms with van der Waals surface area (Å²) in [5.41, 5.74) is 0.895. The van der Waals surface area contributed by atoms with Crippen molar-refractivity contribution in [2.75, 3.05) is 20.1 Å². The van der Waals surface area contributed by atoms with E-state index in [0.717, 1.165) is 19.5 Å². The zero-order chi connectivity index (χ0) is 11.6. The molecular formula is C14H18N2. The Morgan fingerprint density at radius 3 is 2.62 bits per heavy atom. The third-order valence-corrected chi connectivity index (χ3v) is 3.80. The number of benzene rings is 1. The first-order valence-corrected chi connectivity index (χ1v) is 5.84. The van der Waals surface area contributed by atoms with Crippen molar-refractivity contribution in [1.29, 1.82) is 5.26 Å². The fraction of sp³-hybridized carbons (Fsp3) is 0.500. The van der Waals surface area contributed by atoms with E-state index >= 15 is 0 Å². The molecule has 1 heterocycles. The van der Waals surface area contributed by atoms with E-state index in [1.807, 2.05) is 18.2 Å². The Hall–Kier alpha value is -1.33. The van der Waals surface area contributed by atoms with Crippen LogP contribution in [0.4, 0.5) is 0 Å². The van der Waals surface area contributed by atoms with E-state index in [1.54, 1.807) is 0 Å². The molecule has 2 nitrogen and oxygen atoms in total. The van der Waals surface area contributed by atoms with Crippen LogP contribution in [0.5, 0.6) is 0 Å². The molecule has 0 radical (unpaired) electrons. The first-order valence-electron chi connectivity index (χ1n) is 5.84. The maximum atomic E-state index is 9.58. The highest BCUT2D eigenvalue weighted by Crippen LogP contribution is 2.38. The molecule has 16 heavy (non-hydrogen) atoms. The summed E-state index contributed by atoms with van der Waals surface area (Å²) < 4.78 is 0. The highest BCUT2D eigenvalue weighted by atomic mass is 15.1. The van der Waals surface area contributed by atoms with Gasteiger partial charge in [-0.25, -0.2) is 0 Å². The molecule has 84 valence electrons. The average Bonchev–Trinajstić information content (AvgIpc) is 2.31. The van der Waals surface area contributed by atoms with E-state index in [1.165, 1.54) is 5.56 Å². The fourth-order valence-electron chi connectivity index (χ4n) is 2.72. The SMILES string of the molecule is C[C@H]1CN(C)CC[C@]1(C#N)c1ccccc1. The lowest BCUT2D eigenvalue weighted by atomic mass is 9.68. The van der Waals surface area contributed by atoms with Gasteiger partial charge in [0.1, 0.15) is 0 Å². The zero-order valence-corrected chi connectivity index (χ0v) is 9.98. The van der Waals surface area contributed by atoms with Crippen LogP contribution in [0.1, 0.15) is 18.9 Å². The van der Waals surface area contributed by atoms with Crippen molar-refractivity contribution in [1.82, 2.24) is 4.90 Å². The summed E-state index contributed by atoms with van der Waals surface area (Å²) in [7, 11) is 2.13. The smallest absolute Gasteiger partial charge is 0.0872 e. The van der Waals surface area contributed by atoms with E-state index in [2.05, 4.69) is 37.1 Å². The van der Waals surface area contributed by atoms with Crippen molar-refractivity contribution in [3.8, 4) is 6.07 Å². The number of piperidine rings is 1. The largest absolute Gasteiger partial charge is 0.306 e. The van der Waals surface area contributed by atoms with Gasteiger partial charge in [-0.1, -0.05) is 37.3 Å².